The Labute approximate surface area is 151 Å². The normalized spacial score (nSPS) is 19.1. The monoisotopic (exact) mass is 344 g/mol. The Morgan fingerprint density at radius 3 is 2.52 bits per heavy atom. The number of rotatable bonds is 2. The van der Waals surface area contributed by atoms with Crippen molar-refractivity contribution in [1.82, 2.24) is 0 Å². The molecular formula is C21H32N2O2. The third-order valence-corrected chi connectivity index (χ3v) is 5.04. The lowest BCUT2D eigenvalue weighted by Gasteiger charge is -2.32. The fourth-order valence-electron chi connectivity index (χ4n) is 3.83. The van der Waals surface area contributed by atoms with Gasteiger partial charge in [0.2, 0.25) is 0 Å². The molecule has 25 heavy (non-hydrogen) atoms. The van der Waals surface area contributed by atoms with Crippen LogP contribution in [0.15, 0.2) is 18.2 Å². The summed E-state index contributed by atoms with van der Waals surface area (Å²) in [5.74, 6) is 0. The van der Waals surface area contributed by atoms with Crippen LogP contribution in [0.3, 0.4) is 0 Å². The topological polar surface area (TPSA) is 41.6 Å². The van der Waals surface area contributed by atoms with Crippen LogP contribution >= 0.6 is 0 Å². The van der Waals surface area contributed by atoms with E-state index in [0.29, 0.717) is 6.04 Å². The second kappa shape index (κ2) is 7.67. The Morgan fingerprint density at radius 1 is 1.12 bits per heavy atom. The molecule has 138 valence electrons. The number of carbonyl (C=O) groups excluding carboxylic acids is 1. The number of fused-ring (bicyclic) bond motifs is 1. The molecule has 1 heterocycles. The number of hydrogen-bond acceptors (Lipinski definition) is 3. The summed E-state index contributed by atoms with van der Waals surface area (Å²) in [6.45, 7) is 6.48. The third kappa shape index (κ3) is 4.90. The Balaban J connectivity index is 1.76. The summed E-state index contributed by atoms with van der Waals surface area (Å²) in [4.78, 5) is 14.4. The Bertz CT molecular complexity index is 598. The molecule has 4 heteroatoms. The van der Waals surface area contributed by atoms with Crippen molar-refractivity contribution in [2.45, 2.75) is 83.8 Å². The molecule has 1 fully saturated rings. The zero-order valence-corrected chi connectivity index (χ0v) is 15.9. The summed E-state index contributed by atoms with van der Waals surface area (Å²) >= 11 is 0. The average molecular weight is 344 g/mol. The van der Waals surface area contributed by atoms with E-state index in [9.17, 15) is 4.79 Å². The molecule has 0 bridgehead atoms. The van der Waals surface area contributed by atoms with Crippen LogP contribution in [0.2, 0.25) is 0 Å². The van der Waals surface area contributed by atoms with Crippen LogP contribution in [0.4, 0.5) is 16.2 Å². The number of amides is 1. The van der Waals surface area contributed by atoms with E-state index < -0.39 is 5.60 Å². The highest BCUT2D eigenvalue weighted by atomic mass is 16.6. The fourth-order valence-corrected chi connectivity index (χ4v) is 3.83. The Kier molecular flexibility index (Phi) is 5.55. The summed E-state index contributed by atoms with van der Waals surface area (Å²) in [6.07, 6.45) is 9.60. The van der Waals surface area contributed by atoms with Crippen LogP contribution in [-0.2, 0) is 11.2 Å². The van der Waals surface area contributed by atoms with Crippen molar-refractivity contribution < 1.29 is 9.53 Å². The Morgan fingerprint density at radius 2 is 1.84 bits per heavy atom. The van der Waals surface area contributed by atoms with Crippen molar-refractivity contribution in [3.63, 3.8) is 0 Å². The molecule has 0 saturated heterocycles. The zero-order valence-electron chi connectivity index (χ0n) is 15.9. The second-order valence-electron chi connectivity index (χ2n) is 8.41. The van der Waals surface area contributed by atoms with Gasteiger partial charge in [-0.2, -0.15) is 0 Å². The van der Waals surface area contributed by atoms with Crippen molar-refractivity contribution in [3.05, 3.63) is 23.8 Å². The third-order valence-electron chi connectivity index (χ3n) is 5.04. The van der Waals surface area contributed by atoms with Crippen molar-refractivity contribution in [2.75, 3.05) is 16.8 Å². The number of anilines is 2. The van der Waals surface area contributed by atoms with E-state index in [0.717, 1.165) is 30.8 Å². The van der Waals surface area contributed by atoms with Gasteiger partial charge in [0, 0.05) is 18.3 Å². The van der Waals surface area contributed by atoms with E-state index in [1.165, 1.54) is 44.1 Å². The van der Waals surface area contributed by atoms with Crippen LogP contribution in [-0.4, -0.2) is 24.3 Å². The Hall–Kier alpha value is -1.71. The van der Waals surface area contributed by atoms with Crippen molar-refractivity contribution in [2.24, 2.45) is 0 Å². The molecule has 0 unspecified atom stereocenters. The lowest BCUT2D eigenvalue weighted by atomic mass is 10.0. The molecule has 0 atom stereocenters. The molecule has 1 aromatic carbocycles. The number of hydrogen-bond donors (Lipinski definition) is 1. The predicted molar refractivity (Wildman–Crippen MR) is 103 cm³/mol. The van der Waals surface area contributed by atoms with Gasteiger partial charge in [-0.15, -0.1) is 0 Å². The van der Waals surface area contributed by atoms with Gasteiger partial charge < -0.3 is 10.1 Å². The summed E-state index contributed by atoms with van der Waals surface area (Å²) in [5.41, 5.74) is 2.91. The molecule has 1 aliphatic heterocycles. The van der Waals surface area contributed by atoms with E-state index in [1.54, 1.807) is 0 Å². The van der Waals surface area contributed by atoms with Gasteiger partial charge in [-0.1, -0.05) is 31.7 Å². The second-order valence-corrected chi connectivity index (χ2v) is 8.41. The van der Waals surface area contributed by atoms with Gasteiger partial charge in [-0.3, -0.25) is 4.90 Å². The maximum atomic E-state index is 12.6. The quantitative estimate of drug-likeness (QED) is 0.719. The minimum absolute atomic E-state index is 0.236. The molecule has 1 saturated carbocycles. The molecule has 3 rings (SSSR count). The number of nitrogens with one attached hydrogen (secondary N) is 1. The standard InChI is InChI=1S/C21H32N2O2/c1-21(2,3)25-20(24)23-14-8-9-16-12-13-18(15-19(16)23)22-17-10-6-4-5-7-11-17/h12-13,15,17,22H,4-11,14H2,1-3H3. The molecule has 0 aromatic heterocycles. The number of benzene rings is 1. The van der Waals surface area contributed by atoms with E-state index in [-0.39, 0.29) is 6.09 Å². The maximum Gasteiger partial charge on any atom is 0.414 e. The van der Waals surface area contributed by atoms with Crippen LogP contribution in [0.1, 0.15) is 71.3 Å². The highest BCUT2D eigenvalue weighted by molar-refractivity contribution is 5.90. The fraction of sp³-hybridized carbons (Fsp3) is 0.667. The van der Waals surface area contributed by atoms with Crippen LogP contribution in [0.25, 0.3) is 0 Å². The van der Waals surface area contributed by atoms with Crippen molar-refractivity contribution in [1.29, 1.82) is 0 Å². The van der Waals surface area contributed by atoms with Gasteiger partial charge in [0.05, 0.1) is 5.69 Å². The summed E-state index contributed by atoms with van der Waals surface area (Å²) in [7, 11) is 0. The first kappa shape index (κ1) is 18.1. The molecule has 4 nitrogen and oxygen atoms in total. The number of ether oxygens (including phenoxy) is 1. The largest absolute Gasteiger partial charge is 0.443 e. The summed E-state index contributed by atoms with van der Waals surface area (Å²) < 4.78 is 5.61. The molecule has 2 aliphatic rings. The highest BCUT2D eigenvalue weighted by Gasteiger charge is 2.27. The van der Waals surface area contributed by atoms with E-state index >= 15 is 0 Å². The molecule has 0 radical (unpaired) electrons. The summed E-state index contributed by atoms with van der Waals surface area (Å²) in [6, 6.07) is 7.04. The molecule has 1 N–H and O–H groups in total. The summed E-state index contributed by atoms with van der Waals surface area (Å²) in [5, 5.41) is 3.70. The van der Waals surface area contributed by atoms with Gasteiger partial charge in [0.15, 0.2) is 0 Å². The molecular weight excluding hydrogens is 312 g/mol. The van der Waals surface area contributed by atoms with Crippen LogP contribution in [0.5, 0.6) is 0 Å². The molecule has 1 aliphatic carbocycles. The SMILES string of the molecule is CC(C)(C)OC(=O)N1CCCc2ccc(NC3CCCCCC3)cc21. The minimum atomic E-state index is -0.467. The predicted octanol–water partition coefficient (Wildman–Crippen LogP) is 5.51. The molecule has 1 amide bonds. The first-order valence-corrected chi connectivity index (χ1v) is 9.82. The smallest absolute Gasteiger partial charge is 0.414 e. The number of nitrogens with zero attached hydrogens (tertiary/aromatic N) is 1. The first-order chi connectivity index (χ1) is 11.9. The first-order valence-electron chi connectivity index (χ1n) is 9.82. The molecule has 0 spiro atoms. The van der Waals surface area contributed by atoms with Gasteiger partial charge in [-0.25, -0.2) is 4.79 Å². The lowest BCUT2D eigenvalue weighted by Crippen LogP contribution is -2.39. The zero-order chi connectivity index (χ0) is 17.9. The van der Waals surface area contributed by atoms with E-state index in [4.69, 9.17) is 4.74 Å². The minimum Gasteiger partial charge on any atom is -0.443 e. The average Bonchev–Trinajstić information content (AvgIpc) is 2.81. The number of aryl methyl sites for hydroxylation is 1. The van der Waals surface area contributed by atoms with Crippen LogP contribution < -0.4 is 10.2 Å². The van der Waals surface area contributed by atoms with Gasteiger partial charge in [-0.05, 0) is 64.2 Å². The van der Waals surface area contributed by atoms with Gasteiger partial charge in [0.1, 0.15) is 5.60 Å². The lowest BCUT2D eigenvalue weighted by molar-refractivity contribution is 0.0578. The van der Waals surface area contributed by atoms with Gasteiger partial charge in [0.25, 0.3) is 0 Å². The highest BCUT2D eigenvalue weighted by Crippen LogP contribution is 2.32. The maximum absolute atomic E-state index is 12.6. The van der Waals surface area contributed by atoms with E-state index in [1.807, 2.05) is 25.7 Å². The van der Waals surface area contributed by atoms with E-state index in [2.05, 4.69) is 23.5 Å². The van der Waals surface area contributed by atoms with Crippen molar-refractivity contribution >= 4 is 17.5 Å². The van der Waals surface area contributed by atoms with Crippen LogP contribution in [0, 0.1) is 0 Å². The van der Waals surface area contributed by atoms with Crippen molar-refractivity contribution in [3.8, 4) is 0 Å². The molecule has 1 aromatic rings. The van der Waals surface area contributed by atoms with Gasteiger partial charge >= 0.3 is 6.09 Å². The number of carbonyl (C=O) groups is 1.